The molecule has 0 radical (unpaired) electrons. The van der Waals surface area contributed by atoms with Gasteiger partial charge in [-0.25, -0.2) is 4.79 Å². The first-order valence-electron chi connectivity index (χ1n) is 14.7. The van der Waals surface area contributed by atoms with E-state index >= 15 is 0 Å². The van der Waals surface area contributed by atoms with Crippen LogP contribution in [0.15, 0.2) is 72.8 Å². The van der Waals surface area contributed by atoms with Gasteiger partial charge in [-0.3, -0.25) is 9.59 Å². The topological polar surface area (TPSA) is 87.7 Å². The summed E-state index contributed by atoms with van der Waals surface area (Å²) in [7, 11) is 0. The van der Waals surface area contributed by atoms with Crippen molar-refractivity contribution in [3.8, 4) is 12.3 Å². The maximum atomic E-state index is 14.9. The lowest BCUT2D eigenvalue weighted by Gasteiger charge is -2.45. The standard InChI is InChI=1S/C36H42ClN3O4/c1-9-26-20-14-15-21-27(26)31(32(41)39-30-24(3)17-16-22-28(30)37)40(36(7,8)10-2)33(42)29(23-25-18-12-11-13-19-25)38-34(43)44-35(4,5)6/h1,11-22,29,31H,10,23H2,2-8H3,(H,38,43)(H,39,41). The summed E-state index contributed by atoms with van der Waals surface area (Å²) in [5.41, 5.74) is 1.32. The molecular formula is C36H42ClN3O4. The van der Waals surface area contributed by atoms with E-state index in [1.165, 1.54) is 4.90 Å². The van der Waals surface area contributed by atoms with Crippen LogP contribution in [0.4, 0.5) is 10.5 Å². The number of carbonyl (C=O) groups is 3. The number of nitrogens with zero attached hydrogens (tertiary/aromatic N) is 1. The number of carbonyl (C=O) groups excluding carboxylic acids is 3. The lowest BCUT2D eigenvalue weighted by atomic mass is 9.89. The van der Waals surface area contributed by atoms with Gasteiger partial charge in [0.1, 0.15) is 17.7 Å². The van der Waals surface area contributed by atoms with Crippen molar-refractivity contribution in [2.24, 2.45) is 0 Å². The summed E-state index contributed by atoms with van der Waals surface area (Å²) in [6.07, 6.45) is 5.84. The molecule has 3 aromatic rings. The smallest absolute Gasteiger partial charge is 0.408 e. The number of hydrogen-bond donors (Lipinski definition) is 2. The van der Waals surface area contributed by atoms with E-state index in [9.17, 15) is 14.4 Å². The number of terminal acetylenes is 1. The van der Waals surface area contributed by atoms with Crippen LogP contribution in [0.25, 0.3) is 0 Å². The van der Waals surface area contributed by atoms with Crippen molar-refractivity contribution >= 4 is 35.2 Å². The minimum absolute atomic E-state index is 0.171. The number of rotatable bonds is 10. The van der Waals surface area contributed by atoms with E-state index in [2.05, 4.69) is 16.6 Å². The van der Waals surface area contributed by atoms with E-state index in [-0.39, 0.29) is 6.42 Å². The van der Waals surface area contributed by atoms with Gasteiger partial charge in [0, 0.05) is 17.5 Å². The Morgan fingerprint density at radius 2 is 1.59 bits per heavy atom. The van der Waals surface area contributed by atoms with Crippen LogP contribution >= 0.6 is 11.6 Å². The van der Waals surface area contributed by atoms with E-state index in [4.69, 9.17) is 22.8 Å². The molecule has 232 valence electrons. The van der Waals surface area contributed by atoms with Gasteiger partial charge in [-0.05, 0) is 76.8 Å². The van der Waals surface area contributed by atoms with Crippen LogP contribution in [0, 0.1) is 19.3 Å². The van der Waals surface area contributed by atoms with Gasteiger partial charge < -0.3 is 20.3 Å². The molecule has 0 spiro atoms. The third-order valence-corrected chi connectivity index (χ3v) is 7.73. The highest BCUT2D eigenvalue weighted by Gasteiger charge is 2.44. The number of amides is 3. The molecule has 3 amide bonds. The molecule has 0 aliphatic heterocycles. The van der Waals surface area contributed by atoms with Gasteiger partial charge in [-0.1, -0.05) is 85.1 Å². The van der Waals surface area contributed by atoms with Crippen LogP contribution in [-0.4, -0.2) is 40.0 Å². The number of anilines is 1. The number of alkyl carbamates (subject to hydrolysis) is 1. The third-order valence-electron chi connectivity index (χ3n) is 7.41. The molecule has 2 unspecified atom stereocenters. The molecule has 0 saturated heterocycles. The van der Waals surface area contributed by atoms with Gasteiger partial charge in [0.25, 0.3) is 5.91 Å². The van der Waals surface area contributed by atoms with E-state index in [1.54, 1.807) is 57.2 Å². The first-order chi connectivity index (χ1) is 20.7. The summed E-state index contributed by atoms with van der Waals surface area (Å²) in [6.45, 7) is 12.8. The molecule has 0 heterocycles. The predicted molar refractivity (Wildman–Crippen MR) is 176 cm³/mol. The molecule has 0 fully saturated rings. The molecule has 7 nitrogen and oxygen atoms in total. The largest absolute Gasteiger partial charge is 0.444 e. The minimum atomic E-state index is -1.17. The van der Waals surface area contributed by atoms with Gasteiger partial charge >= 0.3 is 6.09 Å². The Bertz CT molecular complexity index is 1500. The average Bonchev–Trinajstić information content (AvgIpc) is 2.96. The molecule has 0 aliphatic carbocycles. The van der Waals surface area contributed by atoms with Crippen molar-refractivity contribution in [3.63, 3.8) is 0 Å². The molecule has 2 N–H and O–H groups in total. The second-order valence-electron chi connectivity index (χ2n) is 12.3. The normalized spacial score (nSPS) is 12.8. The fraction of sp³-hybridized carbons (Fsp3) is 0.361. The van der Waals surface area contributed by atoms with Crippen molar-refractivity contribution in [3.05, 3.63) is 100 Å². The molecule has 44 heavy (non-hydrogen) atoms. The fourth-order valence-corrected chi connectivity index (χ4v) is 5.13. The number of aryl methyl sites for hydroxylation is 1. The molecule has 0 aromatic heterocycles. The average molecular weight is 616 g/mol. The highest BCUT2D eigenvalue weighted by molar-refractivity contribution is 6.34. The first kappa shape index (κ1) is 34.2. The van der Waals surface area contributed by atoms with Crippen LogP contribution in [0.2, 0.25) is 5.02 Å². The first-order valence-corrected chi connectivity index (χ1v) is 15.0. The molecule has 2 atom stereocenters. The second kappa shape index (κ2) is 14.5. The van der Waals surface area contributed by atoms with Crippen LogP contribution in [-0.2, 0) is 20.7 Å². The summed E-state index contributed by atoms with van der Waals surface area (Å²) in [5.74, 6) is 1.72. The molecule has 0 saturated carbocycles. The molecule has 0 bridgehead atoms. The van der Waals surface area contributed by atoms with Crippen molar-refractivity contribution < 1.29 is 19.1 Å². The quantitative estimate of drug-likeness (QED) is 0.232. The Kier molecular flexibility index (Phi) is 11.2. The Hall–Kier alpha value is -4.28. The minimum Gasteiger partial charge on any atom is -0.444 e. The maximum Gasteiger partial charge on any atom is 0.408 e. The predicted octanol–water partition coefficient (Wildman–Crippen LogP) is 7.46. The van der Waals surface area contributed by atoms with E-state index in [0.717, 1.165) is 11.1 Å². The number of hydrogen-bond acceptors (Lipinski definition) is 4. The Morgan fingerprint density at radius 3 is 2.18 bits per heavy atom. The number of para-hydroxylation sites is 1. The van der Waals surface area contributed by atoms with Gasteiger partial charge in [0.05, 0.1) is 10.7 Å². The summed E-state index contributed by atoms with van der Waals surface area (Å²) >= 11 is 6.50. The Morgan fingerprint density at radius 1 is 0.955 bits per heavy atom. The van der Waals surface area contributed by atoms with Crippen molar-refractivity contribution in [2.75, 3.05) is 5.32 Å². The van der Waals surface area contributed by atoms with E-state index < -0.39 is 41.1 Å². The van der Waals surface area contributed by atoms with Gasteiger partial charge in [-0.15, -0.1) is 6.42 Å². The van der Waals surface area contributed by atoms with Crippen molar-refractivity contribution in [1.29, 1.82) is 0 Å². The van der Waals surface area contributed by atoms with Gasteiger partial charge in [0.15, 0.2) is 0 Å². The zero-order chi connectivity index (χ0) is 32.7. The zero-order valence-electron chi connectivity index (χ0n) is 26.5. The molecular weight excluding hydrogens is 574 g/mol. The lowest BCUT2D eigenvalue weighted by molar-refractivity contribution is -0.147. The number of halogens is 1. The molecule has 3 aromatic carbocycles. The maximum absolute atomic E-state index is 14.9. The monoisotopic (exact) mass is 615 g/mol. The molecule has 3 rings (SSSR count). The summed E-state index contributed by atoms with van der Waals surface area (Å²) in [5, 5.41) is 6.13. The van der Waals surface area contributed by atoms with Crippen LogP contribution < -0.4 is 10.6 Å². The van der Waals surface area contributed by atoms with Gasteiger partial charge in [-0.2, -0.15) is 0 Å². The van der Waals surface area contributed by atoms with Crippen LogP contribution in [0.1, 0.15) is 76.3 Å². The van der Waals surface area contributed by atoms with E-state index in [0.29, 0.717) is 28.3 Å². The summed E-state index contributed by atoms with van der Waals surface area (Å²) in [4.78, 5) is 43.9. The van der Waals surface area contributed by atoms with E-state index in [1.807, 2.05) is 64.1 Å². The summed E-state index contributed by atoms with van der Waals surface area (Å²) in [6, 6.07) is 19.5. The zero-order valence-corrected chi connectivity index (χ0v) is 27.3. The highest BCUT2D eigenvalue weighted by atomic mass is 35.5. The number of benzene rings is 3. The van der Waals surface area contributed by atoms with Crippen LogP contribution in [0.3, 0.4) is 0 Å². The van der Waals surface area contributed by atoms with Crippen molar-refractivity contribution in [2.45, 2.75) is 84.5 Å². The SMILES string of the molecule is C#Cc1ccccc1C(C(=O)Nc1c(C)cccc1Cl)N(C(=O)C(Cc1ccccc1)NC(=O)OC(C)(C)C)C(C)(C)CC. The molecule has 0 aliphatic rings. The Balaban J connectivity index is 2.21. The Labute approximate surface area is 266 Å². The van der Waals surface area contributed by atoms with Gasteiger partial charge in [0.2, 0.25) is 5.91 Å². The number of nitrogens with one attached hydrogen (secondary N) is 2. The van der Waals surface area contributed by atoms with Crippen LogP contribution in [0.5, 0.6) is 0 Å². The number of ether oxygens (including phenoxy) is 1. The van der Waals surface area contributed by atoms with Crippen molar-refractivity contribution in [1.82, 2.24) is 10.2 Å². The molecule has 8 heteroatoms. The highest BCUT2D eigenvalue weighted by Crippen LogP contribution is 2.36. The summed E-state index contributed by atoms with van der Waals surface area (Å²) < 4.78 is 5.54. The fourth-order valence-electron chi connectivity index (χ4n) is 4.86. The second-order valence-corrected chi connectivity index (χ2v) is 12.7. The lowest BCUT2D eigenvalue weighted by Crippen LogP contribution is -2.59. The third kappa shape index (κ3) is 8.64.